The number of nitrogens with zero attached hydrogens (tertiary/aromatic N) is 3. The van der Waals surface area contributed by atoms with E-state index in [-0.39, 0.29) is 0 Å². The molecule has 25 heavy (non-hydrogen) atoms. The molecule has 2 aromatic rings. The minimum atomic E-state index is 0.359. The monoisotopic (exact) mass is 378 g/mol. The second-order valence-corrected chi connectivity index (χ2v) is 8.21. The fourth-order valence-electron chi connectivity index (χ4n) is 3.20. The van der Waals surface area contributed by atoms with Crippen LogP contribution >= 0.6 is 23.6 Å². The minimum Gasteiger partial charge on any atom is -0.494 e. The highest BCUT2D eigenvalue weighted by atomic mass is 32.1. The van der Waals surface area contributed by atoms with Gasteiger partial charge < -0.3 is 10.1 Å². The maximum absolute atomic E-state index is 5.55. The Morgan fingerprint density at radius 3 is 2.80 bits per heavy atom. The zero-order valence-corrected chi connectivity index (χ0v) is 16.7. The molecule has 0 aliphatic carbocycles. The highest BCUT2D eigenvalue weighted by molar-refractivity contribution is 7.73. The van der Waals surface area contributed by atoms with Crippen molar-refractivity contribution >= 4 is 28.7 Å². The van der Waals surface area contributed by atoms with Crippen molar-refractivity contribution in [3.8, 4) is 5.75 Å². The summed E-state index contributed by atoms with van der Waals surface area (Å²) in [6.45, 7) is 8.74. The lowest BCUT2D eigenvalue weighted by atomic mass is 10.0. The van der Waals surface area contributed by atoms with Gasteiger partial charge in [-0.05, 0) is 63.5 Å². The summed E-state index contributed by atoms with van der Waals surface area (Å²) in [5.41, 5.74) is 1.34. The number of hydrogen-bond donors (Lipinski definition) is 1. The summed E-state index contributed by atoms with van der Waals surface area (Å²) in [6.07, 6.45) is 2.37. The maximum atomic E-state index is 5.55. The number of benzene rings is 1. The second-order valence-electron chi connectivity index (χ2n) is 6.59. The predicted molar refractivity (Wildman–Crippen MR) is 106 cm³/mol. The van der Waals surface area contributed by atoms with Crippen LogP contribution in [0.5, 0.6) is 5.75 Å². The molecule has 1 N–H and O–H groups in total. The summed E-state index contributed by atoms with van der Waals surface area (Å²) in [5, 5.41) is 8.88. The molecule has 7 heteroatoms. The highest BCUT2D eigenvalue weighted by Crippen LogP contribution is 2.33. The molecule has 5 nitrogen and oxygen atoms in total. The molecule has 1 aliphatic heterocycles. The average Bonchev–Trinajstić information content (AvgIpc) is 3.15. The van der Waals surface area contributed by atoms with Gasteiger partial charge in [0.1, 0.15) is 5.75 Å². The lowest BCUT2D eigenvalue weighted by Gasteiger charge is -2.24. The van der Waals surface area contributed by atoms with Gasteiger partial charge in [-0.25, -0.2) is 4.68 Å². The van der Waals surface area contributed by atoms with Crippen LogP contribution in [0.2, 0.25) is 0 Å². The van der Waals surface area contributed by atoms with Crippen LogP contribution in [0.1, 0.15) is 45.2 Å². The van der Waals surface area contributed by atoms with Gasteiger partial charge in [-0.1, -0.05) is 23.5 Å². The molecule has 0 unspecified atom stereocenters. The number of nitrogens with one attached hydrogen (secondary N) is 1. The molecular formula is C18H26N4OS2. The largest absolute Gasteiger partial charge is 0.494 e. The Hall–Kier alpha value is -1.44. The molecule has 1 atom stereocenters. The lowest BCUT2D eigenvalue weighted by molar-refractivity contribution is 0.191. The minimum absolute atomic E-state index is 0.359. The number of likely N-dealkylation sites (tertiary alicyclic amines) is 1. The molecule has 0 radical (unpaired) electrons. The zero-order chi connectivity index (χ0) is 17.8. The van der Waals surface area contributed by atoms with Gasteiger partial charge in [0.05, 0.1) is 13.3 Å². The van der Waals surface area contributed by atoms with Crippen LogP contribution in [0.15, 0.2) is 24.3 Å². The summed E-state index contributed by atoms with van der Waals surface area (Å²) in [6, 6.07) is 9.27. The second kappa shape index (κ2) is 8.29. The first kappa shape index (κ1) is 18.4. The summed E-state index contributed by atoms with van der Waals surface area (Å²) in [5.74, 6) is 0.932. The van der Waals surface area contributed by atoms with Gasteiger partial charge >= 0.3 is 0 Å². The standard InChI is InChI=1S/C18H26N4OS2/c1-4-23-15-9-7-14(8-10-15)16-6-5-11-21(16)12-22-18(24)25-17(20-22)19-13(2)3/h7-10,13,16H,4-6,11-12H2,1-3H3,(H,19,20)/t16-/m1/s1. The van der Waals surface area contributed by atoms with E-state index in [1.807, 2.05) is 11.6 Å². The van der Waals surface area contributed by atoms with Crippen molar-refractivity contribution in [1.82, 2.24) is 14.7 Å². The first-order chi connectivity index (χ1) is 12.1. The fraction of sp³-hybridized carbons (Fsp3) is 0.556. The highest BCUT2D eigenvalue weighted by Gasteiger charge is 2.26. The van der Waals surface area contributed by atoms with E-state index < -0.39 is 0 Å². The summed E-state index contributed by atoms with van der Waals surface area (Å²) >= 11 is 7.04. The van der Waals surface area contributed by atoms with Crippen LogP contribution in [0.25, 0.3) is 0 Å². The Morgan fingerprint density at radius 1 is 1.36 bits per heavy atom. The summed E-state index contributed by atoms with van der Waals surface area (Å²) in [7, 11) is 0. The maximum Gasteiger partial charge on any atom is 0.204 e. The van der Waals surface area contributed by atoms with Crippen LogP contribution < -0.4 is 10.1 Å². The number of ether oxygens (including phenoxy) is 1. The van der Waals surface area contributed by atoms with E-state index in [4.69, 9.17) is 17.0 Å². The molecule has 0 saturated carbocycles. The van der Waals surface area contributed by atoms with Crippen LogP contribution in [0, 0.1) is 3.95 Å². The first-order valence-electron chi connectivity index (χ1n) is 8.88. The topological polar surface area (TPSA) is 42.3 Å². The van der Waals surface area contributed by atoms with Crippen molar-refractivity contribution in [1.29, 1.82) is 0 Å². The summed E-state index contributed by atoms with van der Waals surface area (Å²) < 4.78 is 8.31. The number of aromatic nitrogens is 2. The van der Waals surface area contributed by atoms with E-state index in [0.29, 0.717) is 18.7 Å². The van der Waals surface area contributed by atoms with Crippen LogP contribution in [-0.4, -0.2) is 33.9 Å². The van der Waals surface area contributed by atoms with Gasteiger partial charge in [-0.15, -0.1) is 5.10 Å². The van der Waals surface area contributed by atoms with E-state index in [0.717, 1.165) is 28.0 Å². The van der Waals surface area contributed by atoms with E-state index >= 15 is 0 Å². The number of hydrogen-bond acceptors (Lipinski definition) is 6. The van der Waals surface area contributed by atoms with Gasteiger partial charge in [-0.3, -0.25) is 4.90 Å². The van der Waals surface area contributed by atoms with Crippen LogP contribution in [-0.2, 0) is 6.67 Å². The third-order valence-corrected chi connectivity index (χ3v) is 5.51. The molecule has 1 saturated heterocycles. The smallest absolute Gasteiger partial charge is 0.204 e. The van der Waals surface area contributed by atoms with E-state index in [1.165, 1.54) is 18.4 Å². The Balaban J connectivity index is 1.71. The molecule has 3 rings (SSSR count). The van der Waals surface area contributed by atoms with Crippen molar-refractivity contribution in [2.75, 3.05) is 18.5 Å². The molecule has 1 aromatic heterocycles. The summed E-state index contributed by atoms with van der Waals surface area (Å²) in [4.78, 5) is 2.46. The quantitative estimate of drug-likeness (QED) is 0.708. The molecule has 1 aromatic carbocycles. The number of rotatable bonds is 7. The molecule has 0 spiro atoms. The lowest BCUT2D eigenvalue weighted by Crippen LogP contribution is -2.27. The zero-order valence-electron chi connectivity index (χ0n) is 15.1. The Kier molecular flexibility index (Phi) is 6.09. The van der Waals surface area contributed by atoms with E-state index in [9.17, 15) is 0 Å². The Labute approximate surface area is 158 Å². The van der Waals surface area contributed by atoms with Crippen molar-refractivity contribution in [3.63, 3.8) is 0 Å². The third-order valence-electron chi connectivity index (χ3n) is 4.27. The molecule has 136 valence electrons. The van der Waals surface area contributed by atoms with E-state index in [2.05, 4.69) is 53.4 Å². The molecule has 1 aliphatic rings. The molecule has 1 fully saturated rings. The van der Waals surface area contributed by atoms with Crippen molar-refractivity contribution < 1.29 is 4.74 Å². The SMILES string of the molecule is CCOc1ccc([C@H]2CCCN2Cn2nc(NC(C)C)sc2=S)cc1. The van der Waals surface area contributed by atoms with Gasteiger partial charge in [-0.2, -0.15) is 0 Å². The van der Waals surface area contributed by atoms with Crippen LogP contribution in [0.4, 0.5) is 5.13 Å². The van der Waals surface area contributed by atoms with E-state index in [1.54, 1.807) is 11.3 Å². The average molecular weight is 379 g/mol. The first-order valence-corrected chi connectivity index (χ1v) is 10.1. The van der Waals surface area contributed by atoms with Gasteiger partial charge in [0.15, 0.2) is 3.95 Å². The molecule has 2 heterocycles. The van der Waals surface area contributed by atoms with Crippen molar-refractivity contribution in [2.24, 2.45) is 0 Å². The van der Waals surface area contributed by atoms with Gasteiger partial charge in [0.25, 0.3) is 0 Å². The number of anilines is 1. The molecule has 0 bridgehead atoms. The molecule has 0 amide bonds. The normalized spacial score (nSPS) is 18.0. The third kappa shape index (κ3) is 4.59. The Bertz CT molecular complexity index is 738. The predicted octanol–water partition coefficient (Wildman–Crippen LogP) is 4.69. The van der Waals surface area contributed by atoms with Gasteiger partial charge in [0, 0.05) is 18.6 Å². The van der Waals surface area contributed by atoms with Gasteiger partial charge in [0.2, 0.25) is 5.13 Å². The van der Waals surface area contributed by atoms with Crippen molar-refractivity contribution in [2.45, 2.75) is 52.4 Å². The van der Waals surface area contributed by atoms with Crippen LogP contribution in [0.3, 0.4) is 0 Å². The van der Waals surface area contributed by atoms with Crippen molar-refractivity contribution in [3.05, 3.63) is 33.8 Å². The molecular weight excluding hydrogens is 352 g/mol. The Morgan fingerprint density at radius 2 is 2.12 bits per heavy atom. The fourth-order valence-corrected chi connectivity index (χ4v) is 4.34.